The lowest BCUT2D eigenvalue weighted by atomic mass is 10.00. The van der Waals surface area contributed by atoms with E-state index in [-0.39, 0.29) is 17.2 Å². The second-order valence-corrected chi connectivity index (χ2v) is 6.76. The van der Waals surface area contributed by atoms with Crippen LogP contribution in [0.1, 0.15) is 21.5 Å². The number of benzene rings is 2. The van der Waals surface area contributed by atoms with E-state index < -0.39 is 17.5 Å². The van der Waals surface area contributed by atoms with E-state index in [4.69, 9.17) is 4.74 Å². The second-order valence-electron chi connectivity index (χ2n) is 6.76. The lowest BCUT2D eigenvalue weighted by molar-refractivity contribution is -0.384. The van der Waals surface area contributed by atoms with Crippen molar-refractivity contribution in [1.82, 2.24) is 4.90 Å². The van der Waals surface area contributed by atoms with E-state index in [0.717, 1.165) is 12.0 Å². The molecule has 28 heavy (non-hydrogen) atoms. The first-order valence-corrected chi connectivity index (χ1v) is 8.84. The lowest BCUT2D eigenvalue weighted by Gasteiger charge is -2.28. The fraction of sp³-hybridized carbons (Fsp3) is 0.300. The van der Waals surface area contributed by atoms with Crippen molar-refractivity contribution in [2.45, 2.75) is 13.0 Å². The number of nitro benzene ring substituents is 1. The van der Waals surface area contributed by atoms with E-state index in [1.165, 1.54) is 23.8 Å². The molecule has 0 atom stereocenters. The largest absolute Gasteiger partial charge is 0.452 e. The molecule has 146 valence electrons. The maximum atomic E-state index is 12.5. The van der Waals surface area contributed by atoms with Crippen molar-refractivity contribution in [3.8, 4) is 0 Å². The summed E-state index contributed by atoms with van der Waals surface area (Å²) in [5.41, 5.74) is 2.63. The highest BCUT2D eigenvalue weighted by atomic mass is 16.6. The molecule has 0 bridgehead atoms. The van der Waals surface area contributed by atoms with Gasteiger partial charge in [0, 0.05) is 39.3 Å². The Morgan fingerprint density at radius 3 is 2.57 bits per heavy atom. The monoisotopic (exact) mass is 383 g/mol. The summed E-state index contributed by atoms with van der Waals surface area (Å²) in [5, 5.41) is 11.0. The number of fused-ring (bicyclic) bond motifs is 1. The summed E-state index contributed by atoms with van der Waals surface area (Å²) in [4.78, 5) is 38.7. The van der Waals surface area contributed by atoms with Crippen LogP contribution in [0, 0.1) is 10.1 Å². The number of amides is 1. The summed E-state index contributed by atoms with van der Waals surface area (Å²) < 4.78 is 5.18. The lowest BCUT2D eigenvalue weighted by Crippen LogP contribution is -2.38. The molecule has 0 saturated carbocycles. The van der Waals surface area contributed by atoms with Gasteiger partial charge >= 0.3 is 5.97 Å². The zero-order chi connectivity index (χ0) is 20.3. The molecule has 2 aromatic rings. The molecule has 1 heterocycles. The molecule has 1 aliphatic heterocycles. The molecule has 3 rings (SSSR count). The van der Waals surface area contributed by atoms with Gasteiger partial charge < -0.3 is 14.5 Å². The van der Waals surface area contributed by atoms with Crippen LogP contribution in [0.5, 0.6) is 0 Å². The van der Waals surface area contributed by atoms with Crippen LogP contribution >= 0.6 is 0 Å². The Morgan fingerprint density at radius 1 is 1.18 bits per heavy atom. The topological polar surface area (TPSA) is 93.0 Å². The van der Waals surface area contributed by atoms with Crippen molar-refractivity contribution in [3.05, 3.63) is 69.3 Å². The minimum absolute atomic E-state index is 0.0518. The molecule has 0 radical (unpaired) electrons. The van der Waals surface area contributed by atoms with Crippen LogP contribution in [0.3, 0.4) is 0 Å². The molecule has 0 aromatic heterocycles. The van der Waals surface area contributed by atoms with Gasteiger partial charge in [-0.05, 0) is 23.6 Å². The molecule has 0 fully saturated rings. The van der Waals surface area contributed by atoms with Gasteiger partial charge in [0.15, 0.2) is 6.61 Å². The summed E-state index contributed by atoms with van der Waals surface area (Å²) in [6, 6.07) is 11.9. The number of hydrogen-bond acceptors (Lipinski definition) is 6. The predicted octanol–water partition coefficient (Wildman–Crippen LogP) is 2.40. The van der Waals surface area contributed by atoms with Gasteiger partial charge in [0.2, 0.25) is 0 Å². The van der Waals surface area contributed by atoms with Crippen molar-refractivity contribution in [2.75, 3.05) is 32.1 Å². The smallest absolute Gasteiger partial charge is 0.341 e. The van der Waals surface area contributed by atoms with Crippen molar-refractivity contribution in [3.63, 3.8) is 0 Å². The maximum Gasteiger partial charge on any atom is 0.341 e. The molecule has 1 amide bonds. The minimum Gasteiger partial charge on any atom is -0.452 e. The van der Waals surface area contributed by atoms with Gasteiger partial charge in [-0.15, -0.1) is 0 Å². The molecule has 0 saturated heterocycles. The zero-order valence-electron chi connectivity index (χ0n) is 15.8. The highest BCUT2D eigenvalue weighted by molar-refractivity contribution is 5.97. The van der Waals surface area contributed by atoms with E-state index in [0.29, 0.717) is 18.8 Å². The van der Waals surface area contributed by atoms with E-state index in [2.05, 4.69) is 0 Å². The average Bonchev–Trinajstić information content (AvgIpc) is 2.70. The van der Waals surface area contributed by atoms with Crippen LogP contribution in [-0.4, -0.2) is 48.9 Å². The SMILES string of the molecule is CN(C)c1ccc([N+](=O)[O-])cc1C(=O)OCC(=O)N1CCc2ccccc2C1. The van der Waals surface area contributed by atoms with E-state index >= 15 is 0 Å². The molecular weight excluding hydrogens is 362 g/mol. The van der Waals surface area contributed by atoms with Crippen molar-refractivity contribution in [2.24, 2.45) is 0 Å². The first kappa shape index (κ1) is 19.3. The summed E-state index contributed by atoms with van der Waals surface area (Å²) in [6.07, 6.45) is 0.755. The molecule has 8 nitrogen and oxygen atoms in total. The molecule has 0 aliphatic carbocycles. The van der Waals surface area contributed by atoms with Crippen molar-refractivity contribution >= 4 is 23.3 Å². The number of nitrogens with zero attached hydrogens (tertiary/aromatic N) is 3. The summed E-state index contributed by atoms with van der Waals surface area (Å²) in [6.45, 7) is 0.635. The molecule has 0 spiro atoms. The number of anilines is 1. The van der Waals surface area contributed by atoms with Crippen LogP contribution in [-0.2, 0) is 22.5 Å². The van der Waals surface area contributed by atoms with Gasteiger partial charge in [-0.1, -0.05) is 24.3 Å². The van der Waals surface area contributed by atoms with Gasteiger partial charge in [0.1, 0.15) is 0 Å². The van der Waals surface area contributed by atoms with E-state index in [1.807, 2.05) is 24.3 Å². The van der Waals surface area contributed by atoms with Gasteiger partial charge in [0.25, 0.3) is 11.6 Å². The summed E-state index contributed by atoms with van der Waals surface area (Å²) in [7, 11) is 3.43. The van der Waals surface area contributed by atoms with Crippen LogP contribution in [0.4, 0.5) is 11.4 Å². The molecule has 0 unspecified atom stereocenters. The Kier molecular flexibility index (Phi) is 5.58. The van der Waals surface area contributed by atoms with Gasteiger partial charge in [-0.2, -0.15) is 0 Å². The molecular formula is C20H21N3O5. The third-order valence-electron chi connectivity index (χ3n) is 4.70. The Labute approximate surface area is 162 Å². The zero-order valence-corrected chi connectivity index (χ0v) is 15.8. The first-order valence-electron chi connectivity index (χ1n) is 8.84. The Balaban J connectivity index is 1.68. The van der Waals surface area contributed by atoms with Gasteiger partial charge in [-0.3, -0.25) is 14.9 Å². The third-order valence-corrected chi connectivity index (χ3v) is 4.70. The third kappa shape index (κ3) is 4.11. The van der Waals surface area contributed by atoms with Gasteiger partial charge in [-0.25, -0.2) is 4.79 Å². The molecule has 0 N–H and O–H groups in total. The fourth-order valence-electron chi connectivity index (χ4n) is 3.20. The average molecular weight is 383 g/mol. The second kappa shape index (κ2) is 8.08. The highest BCUT2D eigenvalue weighted by Crippen LogP contribution is 2.25. The summed E-state index contributed by atoms with van der Waals surface area (Å²) >= 11 is 0. The van der Waals surface area contributed by atoms with E-state index in [9.17, 15) is 19.7 Å². The number of nitro groups is 1. The number of esters is 1. The Bertz CT molecular complexity index is 926. The van der Waals surface area contributed by atoms with Crippen molar-refractivity contribution < 1.29 is 19.2 Å². The number of carbonyl (C=O) groups excluding carboxylic acids is 2. The van der Waals surface area contributed by atoms with Crippen LogP contribution in [0.2, 0.25) is 0 Å². The summed E-state index contributed by atoms with van der Waals surface area (Å²) in [5.74, 6) is -1.06. The highest BCUT2D eigenvalue weighted by Gasteiger charge is 2.23. The standard InChI is InChI=1S/C20H21N3O5/c1-21(2)18-8-7-16(23(26)27)11-17(18)20(25)28-13-19(24)22-10-9-14-5-3-4-6-15(14)12-22/h3-8,11H,9-10,12-13H2,1-2H3. The molecule has 8 heteroatoms. The van der Waals surface area contributed by atoms with Crippen LogP contribution < -0.4 is 4.90 Å². The fourth-order valence-corrected chi connectivity index (χ4v) is 3.20. The molecule has 1 aliphatic rings. The predicted molar refractivity (Wildman–Crippen MR) is 103 cm³/mol. The van der Waals surface area contributed by atoms with E-state index in [1.54, 1.807) is 23.9 Å². The molecule has 2 aromatic carbocycles. The normalized spacial score (nSPS) is 12.9. The maximum absolute atomic E-state index is 12.5. The number of carbonyl (C=O) groups is 2. The minimum atomic E-state index is -0.766. The Morgan fingerprint density at radius 2 is 1.89 bits per heavy atom. The van der Waals surface area contributed by atoms with Crippen molar-refractivity contribution in [1.29, 1.82) is 0 Å². The van der Waals surface area contributed by atoms with Crippen LogP contribution in [0.25, 0.3) is 0 Å². The number of hydrogen-bond donors (Lipinski definition) is 0. The number of non-ortho nitro benzene ring substituents is 1. The first-order chi connectivity index (χ1) is 13.4. The Hall–Kier alpha value is -3.42. The van der Waals surface area contributed by atoms with Gasteiger partial charge in [0.05, 0.1) is 16.2 Å². The quantitative estimate of drug-likeness (QED) is 0.447. The van der Waals surface area contributed by atoms with Crippen LogP contribution in [0.15, 0.2) is 42.5 Å². The number of ether oxygens (including phenoxy) is 1. The number of rotatable bonds is 5.